The van der Waals surface area contributed by atoms with Crippen LogP contribution in [0.25, 0.3) is 11.1 Å². The van der Waals surface area contributed by atoms with E-state index in [-0.39, 0.29) is 25.0 Å². The molecule has 12 N–H and O–H groups in total. The third-order valence-electron chi connectivity index (χ3n) is 12.3. The van der Waals surface area contributed by atoms with E-state index in [9.17, 15) is 58.5 Å². The molecule has 36 heteroatoms. The molecule has 0 aliphatic carbocycles. The summed E-state index contributed by atoms with van der Waals surface area (Å²) in [6.07, 6.45) is -10.5. The van der Waals surface area contributed by atoms with E-state index in [0.29, 0.717) is 11.1 Å². The van der Waals surface area contributed by atoms with Crippen LogP contribution in [0.15, 0.2) is 82.0 Å². The van der Waals surface area contributed by atoms with Crippen LogP contribution in [0.2, 0.25) is 27.3 Å². The van der Waals surface area contributed by atoms with Crippen molar-refractivity contribution >= 4 is 88.4 Å². The quantitative estimate of drug-likeness (QED) is 0.0207. The van der Waals surface area contributed by atoms with Gasteiger partial charge in [0.05, 0.1) is 38.4 Å². The first-order valence-electron chi connectivity index (χ1n) is 26.1. The molecule has 10 atom stereocenters. The molecule has 4 aliphatic heterocycles. The fraction of sp³-hybridized carbons (Fsp3) is 0.458. The smallest absolute Gasteiger partial charge is 0.477 e. The van der Waals surface area contributed by atoms with E-state index in [1.807, 2.05) is 0 Å². The second-order valence-electron chi connectivity index (χ2n) is 19.1. The molecular weight excluding hydrogens is 1110 g/mol. The lowest BCUT2D eigenvalue weighted by atomic mass is 9.87. The van der Waals surface area contributed by atoms with Gasteiger partial charge in [0, 0.05) is 26.9 Å². The van der Waals surface area contributed by atoms with Gasteiger partial charge in [0.25, 0.3) is 0 Å². The van der Waals surface area contributed by atoms with Gasteiger partial charge in [0.1, 0.15) is 13.2 Å². The normalized spacial score (nSPS) is 22.4. The second kappa shape index (κ2) is 29.9. The van der Waals surface area contributed by atoms with E-state index in [2.05, 4.69) is 52.2 Å². The van der Waals surface area contributed by atoms with Crippen molar-refractivity contribution in [3.63, 3.8) is 0 Å². The van der Waals surface area contributed by atoms with Crippen molar-refractivity contribution < 1.29 is 106 Å². The molecule has 2 aromatic carbocycles. The molecule has 84 heavy (non-hydrogen) atoms. The van der Waals surface area contributed by atoms with E-state index in [0.717, 1.165) is 25.3 Å². The van der Waals surface area contributed by atoms with Crippen LogP contribution in [0.4, 0.5) is 19.2 Å². The first-order valence-corrected chi connectivity index (χ1v) is 26.1. The molecule has 2 aromatic rings. The number of esters is 2. The minimum Gasteiger partial charge on any atom is -0.477 e. The number of ether oxygens (including phenoxy) is 10. The molecule has 0 aromatic heterocycles. The summed E-state index contributed by atoms with van der Waals surface area (Å²) in [5.74, 6) is -4.29. The van der Waals surface area contributed by atoms with Crippen LogP contribution in [0.3, 0.4) is 0 Å². The Bertz CT molecular complexity index is 2640. The Morgan fingerprint density at radius 1 is 0.571 bits per heavy atom. The third kappa shape index (κ3) is 18.6. The van der Waals surface area contributed by atoms with Crippen LogP contribution in [0.5, 0.6) is 0 Å². The van der Waals surface area contributed by atoms with Gasteiger partial charge in [0.15, 0.2) is 48.5 Å². The molecule has 0 radical (unpaired) electrons. The van der Waals surface area contributed by atoms with Crippen molar-refractivity contribution in [1.29, 1.82) is 0 Å². The maximum atomic E-state index is 13.6. The summed E-state index contributed by atoms with van der Waals surface area (Å²) < 4.78 is 54.2. The summed E-state index contributed by atoms with van der Waals surface area (Å²) in [7, 11) is -2.79. The van der Waals surface area contributed by atoms with Gasteiger partial charge >= 0.3 is 64.6 Å². The Morgan fingerprint density at radius 2 is 0.929 bits per heavy atom. The minimum absolute atomic E-state index is 0.0879. The lowest BCUT2D eigenvalue weighted by molar-refractivity contribution is -0.148. The van der Waals surface area contributed by atoms with Crippen LogP contribution < -0.4 is 42.4 Å². The van der Waals surface area contributed by atoms with Gasteiger partial charge in [-0.25, -0.2) is 28.8 Å². The molecule has 2 fully saturated rings. The lowest BCUT2D eigenvalue weighted by Crippen LogP contribution is -2.65. The van der Waals surface area contributed by atoms with Gasteiger partial charge in [-0.05, 0) is 61.7 Å². The summed E-state index contributed by atoms with van der Waals surface area (Å²) >= 11 is 0. The molecule has 32 nitrogen and oxygen atoms in total. The van der Waals surface area contributed by atoms with Crippen LogP contribution >= 0.6 is 0 Å². The number of nitrogens with zero attached hydrogens (tertiary/aromatic N) is 2. The number of hydrogen-bond acceptors (Lipinski definition) is 24. The Morgan fingerprint density at radius 3 is 1.21 bits per heavy atom. The monoisotopic (exact) mass is 1180 g/mol. The molecular formula is C48H64B4N10O22. The number of carbonyl (C=O) groups is 8. The highest BCUT2D eigenvalue weighted by atomic mass is 16.8. The molecule has 4 heterocycles. The molecule has 450 valence electrons. The highest BCUT2D eigenvalue weighted by molar-refractivity contribution is 6.53. The lowest BCUT2D eigenvalue weighted by Gasteiger charge is -2.41. The molecule has 0 spiro atoms. The zero-order valence-corrected chi connectivity index (χ0v) is 46.7. The van der Waals surface area contributed by atoms with Gasteiger partial charge in [-0.3, -0.25) is 19.4 Å². The zero-order chi connectivity index (χ0) is 61.4. The predicted octanol–water partition coefficient (Wildman–Crippen LogP) is -2.22. The number of benzene rings is 2. The van der Waals surface area contributed by atoms with Crippen LogP contribution in [-0.2, 0) is 79.6 Å². The number of hydrogen-bond donors (Lipinski definition) is 12. The van der Waals surface area contributed by atoms with Crippen molar-refractivity contribution in [1.82, 2.24) is 42.4 Å². The molecule has 6 rings (SSSR count). The molecule has 4 aliphatic rings. The number of amides is 4. The van der Waals surface area contributed by atoms with Gasteiger partial charge < -0.3 is 110 Å². The van der Waals surface area contributed by atoms with Crippen molar-refractivity contribution in [2.24, 2.45) is 9.81 Å². The Hall–Kier alpha value is -8.88. The number of methoxy groups -OCH3 is 2. The molecule has 2 saturated heterocycles. The molecule has 0 unspecified atom stereocenters. The van der Waals surface area contributed by atoms with Crippen molar-refractivity contribution in [2.75, 3.05) is 27.4 Å². The average molecular weight is 1180 g/mol. The predicted molar refractivity (Wildman–Crippen MR) is 294 cm³/mol. The van der Waals surface area contributed by atoms with Gasteiger partial charge in [-0.2, -0.15) is 0 Å². The standard InChI is InChI=1S/C48H64B4N10O22/c1-23(63)55-35-29(57-43(59-49(3)71)60-50(4)72)17-31(41(65)75-7)79-39(35)37(33-21-77-47(69)81-33)83-45(67)53-19-25-9-13-27(14-10-25)28-15-11-26(12-16-28)20-54-46(68)84-38(34-22-78-48(70)82-34)40-36(56-24(2)64)30(18-32(80-40)42(66)76-8)58-44(61-51(5)73)62-52(6)74/h9-18,29-30,33-40,71-74H,19-22H2,1-8H3,(H,53,67)(H,54,68)(H,55,63)(H,56,64)(H2,57,59,60)(H2,58,61,62)/t29-,30-,33+,34+,35+,36+,37+,38+,39+,40+/m0/s1. The summed E-state index contributed by atoms with van der Waals surface area (Å²) in [6.45, 7) is 6.77. The van der Waals surface area contributed by atoms with Crippen molar-refractivity contribution in [3.05, 3.63) is 83.3 Å². The highest BCUT2D eigenvalue weighted by Crippen LogP contribution is 2.31. The van der Waals surface area contributed by atoms with E-state index in [1.165, 1.54) is 53.3 Å². The van der Waals surface area contributed by atoms with E-state index in [4.69, 9.17) is 47.4 Å². The first kappa shape index (κ1) is 64.3. The zero-order valence-electron chi connectivity index (χ0n) is 46.7. The van der Waals surface area contributed by atoms with E-state index in [1.54, 1.807) is 48.5 Å². The Kier molecular flexibility index (Phi) is 22.9. The first-order chi connectivity index (χ1) is 39.9. The highest BCUT2D eigenvalue weighted by Gasteiger charge is 2.52. The number of guanidine groups is 2. The third-order valence-corrected chi connectivity index (χ3v) is 12.3. The van der Waals surface area contributed by atoms with E-state index < -0.39 is 162 Å². The maximum Gasteiger partial charge on any atom is 0.508 e. The van der Waals surface area contributed by atoms with Gasteiger partial charge in [-0.1, -0.05) is 48.5 Å². The van der Waals surface area contributed by atoms with Crippen molar-refractivity contribution in [2.45, 2.75) is 115 Å². The summed E-state index contributed by atoms with van der Waals surface area (Å²) in [4.78, 5) is 111. The van der Waals surface area contributed by atoms with Crippen LogP contribution in [-0.4, -0.2) is 197 Å². The maximum absolute atomic E-state index is 13.6. The summed E-state index contributed by atoms with van der Waals surface area (Å²) in [5.41, 5.74) is 2.71. The van der Waals surface area contributed by atoms with Crippen molar-refractivity contribution in [3.8, 4) is 11.1 Å². The molecule has 0 saturated carbocycles. The largest absolute Gasteiger partial charge is 0.508 e. The van der Waals surface area contributed by atoms with E-state index >= 15 is 0 Å². The average Bonchev–Trinajstić information content (AvgIpc) is 3.96. The SMILES string of the molecule is COC(=O)C1=C[C@H](NC(=NB(C)O)NB(C)O)[C@@H](NC(C)=O)[C@H]([C@H](OC(=O)NCc2ccc(-c3ccc(CNC(=O)O[C@@H]([C@@H]4OC(C(=O)OC)=C[C@H](NC(=NB(C)O)NB(C)O)[C@H]4NC(C)=O)[C@H]4COC(=O)O4)cc3)cc2)[C@H]2COC(=O)O2)O1. The molecule has 0 bridgehead atoms. The molecule has 4 amide bonds. The van der Waals surface area contributed by atoms with Crippen LogP contribution in [0, 0.1) is 0 Å². The second-order valence-corrected chi connectivity index (χ2v) is 19.1. The fourth-order valence-electron chi connectivity index (χ4n) is 8.86. The fourth-order valence-corrected chi connectivity index (χ4v) is 8.86. The van der Waals surface area contributed by atoms with Gasteiger partial charge in [0.2, 0.25) is 23.3 Å². The number of rotatable bonds is 21. The summed E-state index contributed by atoms with van der Waals surface area (Å²) in [6, 6.07) is 9.28. The van der Waals surface area contributed by atoms with Gasteiger partial charge in [-0.15, -0.1) is 0 Å². The number of carbonyl (C=O) groups excluding carboxylic acids is 8. The minimum atomic E-state index is -1.57. The number of cyclic esters (lactones) is 4. The number of nitrogens with one attached hydrogen (secondary N) is 8. The Labute approximate surface area is 482 Å². The van der Waals surface area contributed by atoms with Crippen LogP contribution in [0.1, 0.15) is 25.0 Å². The number of alkyl carbamates (subject to hydrolysis) is 2. The summed E-state index contributed by atoms with van der Waals surface area (Å²) in [5, 5.41) is 61.9. The topological polar surface area (TPSA) is 431 Å². The Balaban J connectivity index is 1.13.